The molecular weight excluding hydrogens is 348 g/mol. The molecule has 1 aliphatic rings. The Labute approximate surface area is 166 Å². The van der Waals surface area contributed by atoms with Gasteiger partial charge in [-0.3, -0.25) is 9.59 Å². The van der Waals surface area contributed by atoms with Crippen molar-refractivity contribution in [2.45, 2.75) is 25.7 Å². The number of carbonyl (C=O) groups is 2. The fourth-order valence-corrected chi connectivity index (χ4v) is 3.21. The van der Waals surface area contributed by atoms with E-state index in [2.05, 4.69) is 5.32 Å². The molecule has 0 radical (unpaired) electrons. The fraction of sp³-hybridized carbons (Fsp3) is 0.250. The van der Waals surface area contributed by atoms with Crippen molar-refractivity contribution in [3.63, 3.8) is 0 Å². The highest BCUT2D eigenvalue weighted by molar-refractivity contribution is 6.03. The summed E-state index contributed by atoms with van der Waals surface area (Å²) in [5.74, 6) is -0.396. The van der Waals surface area contributed by atoms with Crippen LogP contribution in [0.15, 0.2) is 78.5 Å². The van der Waals surface area contributed by atoms with E-state index in [0.717, 1.165) is 44.3 Å². The van der Waals surface area contributed by atoms with Gasteiger partial charge in [0.1, 0.15) is 5.70 Å². The predicted octanol–water partition coefficient (Wildman–Crippen LogP) is 4.42. The normalized spacial score (nSPS) is 15.3. The molecule has 0 aliphatic carbocycles. The molecule has 28 heavy (non-hydrogen) atoms. The van der Waals surface area contributed by atoms with Crippen molar-refractivity contribution in [1.29, 1.82) is 0 Å². The van der Waals surface area contributed by atoms with Gasteiger partial charge in [-0.1, -0.05) is 73.5 Å². The van der Waals surface area contributed by atoms with Crippen molar-refractivity contribution >= 4 is 17.9 Å². The molecule has 1 N–H and O–H groups in total. The Balaban J connectivity index is 1.80. The SMILES string of the molecule is O=C(NC(=CC=Cc1ccccc1)C(=O)N1CCCCCC1)c1ccccc1. The van der Waals surface area contributed by atoms with Crippen LogP contribution < -0.4 is 5.32 Å². The van der Waals surface area contributed by atoms with Gasteiger partial charge in [-0.25, -0.2) is 0 Å². The summed E-state index contributed by atoms with van der Waals surface area (Å²) in [4.78, 5) is 27.5. The first-order valence-electron chi connectivity index (χ1n) is 9.83. The number of carbonyl (C=O) groups excluding carboxylic acids is 2. The van der Waals surface area contributed by atoms with Crippen LogP contribution >= 0.6 is 0 Å². The Bertz CT molecular complexity index is 833. The zero-order valence-electron chi connectivity index (χ0n) is 16.0. The minimum absolute atomic E-state index is 0.121. The second-order valence-electron chi connectivity index (χ2n) is 6.88. The molecule has 0 bridgehead atoms. The Morgan fingerprint density at radius 1 is 0.821 bits per heavy atom. The number of likely N-dealkylation sites (tertiary alicyclic amines) is 1. The van der Waals surface area contributed by atoms with Gasteiger partial charge in [-0.2, -0.15) is 0 Å². The number of nitrogens with one attached hydrogen (secondary N) is 1. The van der Waals surface area contributed by atoms with E-state index < -0.39 is 0 Å². The molecule has 144 valence electrons. The number of rotatable bonds is 5. The molecule has 2 aromatic rings. The maximum Gasteiger partial charge on any atom is 0.270 e. The molecule has 2 aromatic carbocycles. The molecule has 0 atom stereocenters. The van der Waals surface area contributed by atoms with Crippen molar-refractivity contribution in [2.75, 3.05) is 13.1 Å². The number of allylic oxidation sites excluding steroid dienone is 2. The molecule has 1 heterocycles. The molecule has 3 rings (SSSR count). The molecule has 1 fully saturated rings. The van der Waals surface area contributed by atoms with E-state index in [0.29, 0.717) is 11.3 Å². The topological polar surface area (TPSA) is 49.4 Å². The Hall–Kier alpha value is -3.14. The zero-order chi connectivity index (χ0) is 19.6. The van der Waals surface area contributed by atoms with Gasteiger partial charge in [0.15, 0.2) is 0 Å². The molecule has 2 amide bonds. The molecule has 0 unspecified atom stereocenters. The summed E-state index contributed by atoms with van der Waals surface area (Å²) in [5.41, 5.74) is 1.88. The van der Waals surface area contributed by atoms with E-state index >= 15 is 0 Å². The van der Waals surface area contributed by atoms with E-state index in [1.807, 2.05) is 65.6 Å². The molecule has 4 heteroatoms. The third-order valence-corrected chi connectivity index (χ3v) is 4.76. The maximum atomic E-state index is 13.1. The lowest BCUT2D eigenvalue weighted by molar-refractivity contribution is -0.127. The number of benzene rings is 2. The summed E-state index contributed by atoms with van der Waals surface area (Å²) in [7, 11) is 0. The van der Waals surface area contributed by atoms with Gasteiger partial charge in [0.2, 0.25) is 0 Å². The van der Waals surface area contributed by atoms with Crippen LogP contribution in [0.4, 0.5) is 0 Å². The third-order valence-electron chi connectivity index (χ3n) is 4.76. The monoisotopic (exact) mass is 374 g/mol. The zero-order valence-corrected chi connectivity index (χ0v) is 16.0. The van der Waals surface area contributed by atoms with Crippen LogP contribution in [0.25, 0.3) is 6.08 Å². The summed E-state index contributed by atoms with van der Waals surface area (Å²) in [6.45, 7) is 1.47. The Morgan fingerprint density at radius 2 is 1.43 bits per heavy atom. The molecule has 4 nitrogen and oxygen atoms in total. The summed E-state index contributed by atoms with van der Waals surface area (Å²) in [6, 6.07) is 18.8. The van der Waals surface area contributed by atoms with E-state index in [9.17, 15) is 9.59 Å². The first-order valence-corrected chi connectivity index (χ1v) is 9.83. The third kappa shape index (κ3) is 5.68. The van der Waals surface area contributed by atoms with Crippen molar-refractivity contribution < 1.29 is 9.59 Å². The van der Waals surface area contributed by atoms with Crippen molar-refractivity contribution in [3.05, 3.63) is 89.6 Å². The summed E-state index contributed by atoms with van der Waals surface area (Å²) in [6.07, 6.45) is 9.73. The van der Waals surface area contributed by atoms with Gasteiger partial charge < -0.3 is 10.2 Å². The van der Waals surface area contributed by atoms with Gasteiger partial charge in [0.25, 0.3) is 11.8 Å². The van der Waals surface area contributed by atoms with Gasteiger partial charge in [0.05, 0.1) is 0 Å². The van der Waals surface area contributed by atoms with Crippen molar-refractivity contribution in [2.24, 2.45) is 0 Å². The average molecular weight is 374 g/mol. The Kier molecular flexibility index (Phi) is 7.19. The summed E-state index contributed by atoms with van der Waals surface area (Å²) >= 11 is 0. The minimum Gasteiger partial charge on any atom is -0.337 e. The summed E-state index contributed by atoms with van der Waals surface area (Å²) in [5, 5.41) is 2.82. The molecule has 1 aliphatic heterocycles. The van der Waals surface area contributed by atoms with E-state index in [4.69, 9.17) is 0 Å². The van der Waals surface area contributed by atoms with E-state index in [1.165, 1.54) is 0 Å². The van der Waals surface area contributed by atoms with Gasteiger partial charge in [-0.15, -0.1) is 0 Å². The van der Waals surface area contributed by atoms with Crippen LogP contribution in [0, 0.1) is 0 Å². The lowest BCUT2D eigenvalue weighted by Crippen LogP contribution is -2.39. The van der Waals surface area contributed by atoms with Crippen LogP contribution in [0.1, 0.15) is 41.6 Å². The number of amides is 2. The quantitative estimate of drug-likeness (QED) is 0.622. The number of hydrogen-bond acceptors (Lipinski definition) is 2. The van der Waals surface area contributed by atoms with E-state index in [1.54, 1.807) is 18.2 Å². The fourth-order valence-electron chi connectivity index (χ4n) is 3.21. The Morgan fingerprint density at radius 3 is 2.07 bits per heavy atom. The minimum atomic E-state index is -0.275. The van der Waals surface area contributed by atoms with Crippen LogP contribution in [0.2, 0.25) is 0 Å². The molecule has 0 spiro atoms. The second-order valence-corrected chi connectivity index (χ2v) is 6.88. The highest BCUT2D eigenvalue weighted by atomic mass is 16.2. The van der Waals surface area contributed by atoms with Gasteiger partial charge >= 0.3 is 0 Å². The molecule has 0 aromatic heterocycles. The molecular formula is C24H26N2O2. The first kappa shape index (κ1) is 19.6. The number of nitrogens with zero attached hydrogens (tertiary/aromatic N) is 1. The van der Waals surface area contributed by atoms with E-state index in [-0.39, 0.29) is 11.8 Å². The largest absolute Gasteiger partial charge is 0.337 e. The highest BCUT2D eigenvalue weighted by Crippen LogP contribution is 2.13. The lowest BCUT2D eigenvalue weighted by atomic mass is 10.2. The first-order chi connectivity index (χ1) is 13.7. The molecule has 0 saturated carbocycles. The second kappa shape index (κ2) is 10.3. The van der Waals surface area contributed by atoms with Crippen LogP contribution in [-0.4, -0.2) is 29.8 Å². The van der Waals surface area contributed by atoms with Crippen LogP contribution in [0.3, 0.4) is 0 Å². The predicted molar refractivity (Wildman–Crippen MR) is 113 cm³/mol. The highest BCUT2D eigenvalue weighted by Gasteiger charge is 2.21. The molecule has 1 saturated heterocycles. The number of hydrogen-bond donors (Lipinski definition) is 1. The van der Waals surface area contributed by atoms with Gasteiger partial charge in [0, 0.05) is 18.7 Å². The van der Waals surface area contributed by atoms with Crippen molar-refractivity contribution in [1.82, 2.24) is 10.2 Å². The van der Waals surface area contributed by atoms with Crippen molar-refractivity contribution in [3.8, 4) is 0 Å². The maximum absolute atomic E-state index is 13.1. The van der Waals surface area contributed by atoms with Crippen LogP contribution in [-0.2, 0) is 4.79 Å². The standard InChI is InChI=1S/C24H26N2O2/c27-23(21-15-7-4-8-16-21)25-22(17-11-14-20-12-5-3-6-13-20)24(28)26-18-9-1-2-10-19-26/h3-8,11-17H,1-2,9-10,18-19H2,(H,25,27). The summed E-state index contributed by atoms with van der Waals surface area (Å²) < 4.78 is 0. The van der Waals surface area contributed by atoms with Crippen LogP contribution in [0.5, 0.6) is 0 Å². The van der Waals surface area contributed by atoms with Gasteiger partial charge in [-0.05, 0) is 36.6 Å². The lowest BCUT2D eigenvalue weighted by Gasteiger charge is -2.22. The smallest absolute Gasteiger partial charge is 0.270 e. The average Bonchev–Trinajstić information content (AvgIpc) is 3.03.